The maximum atomic E-state index is 10.8. The van der Waals surface area contributed by atoms with E-state index in [0.717, 1.165) is 59.2 Å². The summed E-state index contributed by atoms with van der Waals surface area (Å²) in [4.78, 5) is 4.78. The van der Waals surface area contributed by atoms with E-state index in [2.05, 4.69) is 9.80 Å². The normalized spacial score (nSPS) is 15.1. The molecule has 35 heavy (non-hydrogen) atoms. The Morgan fingerprint density at radius 2 is 1.23 bits per heavy atom. The number of hydrogen-bond donors (Lipinski definition) is 1. The van der Waals surface area contributed by atoms with Gasteiger partial charge in [0, 0.05) is 55.0 Å². The average Bonchev–Trinajstić information content (AvgIpc) is 2.90. The van der Waals surface area contributed by atoms with Crippen molar-refractivity contribution in [2.75, 3.05) is 41.5 Å². The summed E-state index contributed by atoms with van der Waals surface area (Å²) in [5.74, 6) is 3.38. The molecule has 0 radical (unpaired) electrons. The van der Waals surface area contributed by atoms with E-state index in [0.29, 0.717) is 13.1 Å². The van der Waals surface area contributed by atoms with Gasteiger partial charge >= 0.3 is 0 Å². The van der Waals surface area contributed by atoms with E-state index in [1.54, 1.807) is 34.5 Å². The molecule has 0 bridgehead atoms. The van der Waals surface area contributed by atoms with Crippen molar-refractivity contribution in [1.82, 2.24) is 9.80 Å². The van der Waals surface area contributed by atoms with Gasteiger partial charge in [-0.3, -0.25) is 9.80 Å². The van der Waals surface area contributed by atoms with Crippen molar-refractivity contribution >= 4 is 0 Å². The Kier molecular flexibility index (Phi) is 8.00. The monoisotopic (exact) mass is 478 g/mol. The van der Waals surface area contributed by atoms with Crippen LogP contribution in [0.5, 0.6) is 28.7 Å². The number of phenols is 1. The van der Waals surface area contributed by atoms with E-state index in [1.807, 2.05) is 54.6 Å². The molecule has 0 amide bonds. The topological polar surface area (TPSA) is 63.6 Å². The summed E-state index contributed by atoms with van der Waals surface area (Å²) in [6.07, 6.45) is 0.879. The number of phenolic OH excluding ortho intramolecular Hbond substituents is 1. The van der Waals surface area contributed by atoms with E-state index in [4.69, 9.17) is 18.9 Å². The van der Waals surface area contributed by atoms with Crippen molar-refractivity contribution < 1.29 is 24.1 Å². The lowest BCUT2D eigenvalue weighted by Crippen LogP contribution is -2.47. The molecule has 0 aliphatic carbocycles. The second kappa shape index (κ2) is 11.3. The van der Waals surface area contributed by atoms with Crippen LogP contribution in [0.2, 0.25) is 0 Å². The van der Waals surface area contributed by atoms with E-state index in [-0.39, 0.29) is 11.9 Å². The lowest BCUT2D eigenvalue weighted by molar-refractivity contribution is -0.0110. The highest BCUT2D eigenvalue weighted by molar-refractivity contribution is 5.42. The van der Waals surface area contributed by atoms with Gasteiger partial charge in [-0.15, -0.1) is 0 Å². The molecule has 186 valence electrons. The maximum Gasteiger partial charge on any atom is 0.127 e. The highest BCUT2D eigenvalue weighted by Gasteiger charge is 2.33. The van der Waals surface area contributed by atoms with E-state index < -0.39 is 0 Å². The Morgan fingerprint density at radius 3 is 1.69 bits per heavy atom. The van der Waals surface area contributed by atoms with Gasteiger partial charge < -0.3 is 24.1 Å². The second-order valence-corrected chi connectivity index (χ2v) is 8.58. The molecule has 7 heteroatoms. The van der Waals surface area contributed by atoms with Crippen LogP contribution in [0.15, 0.2) is 60.7 Å². The number of nitrogens with zero attached hydrogens (tertiary/aromatic N) is 2. The van der Waals surface area contributed by atoms with Crippen LogP contribution in [0.3, 0.4) is 0 Å². The zero-order valence-electron chi connectivity index (χ0n) is 20.9. The first-order chi connectivity index (χ1) is 17.1. The van der Waals surface area contributed by atoms with Gasteiger partial charge in [-0.1, -0.05) is 30.3 Å². The molecule has 0 spiro atoms. The number of para-hydroxylation sites is 1. The van der Waals surface area contributed by atoms with Crippen molar-refractivity contribution in [3.05, 3.63) is 77.4 Å². The number of aromatic hydroxyl groups is 1. The Hall–Kier alpha value is -3.42. The number of rotatable bonds is 9. The molecule has 1 heterocycles. The fourth-order valence-corrected chi connectivity index (χ4v) is 4.79. The molecule has 1 fully saturated rings. The van der Waals surface area contributed by atoms with Gasteiger partial charge in [0.2, 0.25) is 0 Å². The smallest absolute Gasteiger partial charge is 0.127 e. The number of benzene rings is 3. The highest BCUT2D eigenvalue weighted by atomic mass is 16.5. The van der Waals surface area contributed by atoms with Gasteiger partial charge in [-0.05, 0) is 24.6 Å². The molecule has 0 atom stereocenters. The minimum absolute atomic E-state index is 0.122. The fraction of sp³-hybridized carbons (Fsp3) is 0.357. The molecule has 1 N–H and O–H groups in total. The molecule has 0 saturated carbocycles. The van der Waals surface area contributed by atoms with Crippen LogP contribution in [-0.2, 0) is 13.1 Å². The largest absolute Gasteiger partial charge is 0.508 e. The number of ether oxygens (including phenoxy) is 4. The standard InChI is InChI=1S/C28H34N2O5/c1-32-22-12-10-20(26(16-22)34-3)18-29-14-7-15-30(28(29)24-8-5-6-9-25(24)31)19-21-11-13-23(33-2)17-27(21)35-4/h5-6,8-13,16-17,28,31H,7,14-15,18-19H2,1-4H3. The molecule has 3 aromatic rings. The van der Waals surface area contributed by atoms with Gasteiger partial charge in [0.25, 0.3) is 0 Å². The Balaban J connectivity index is 1.69. The minimum atomic E-state index is -0.122. The van der Waals surface area contributed by atoms with Crippen LogP contribution in [0, 0.1) is 0 Å². The van der Waals surface area contributed by atoms with Crippen molar-refractivity contribution in [2.24, 2.45) is 0 Å². The summed E-state index contributed by atoms with van der Waals surface area (Å²) in [6, 6.07) is 19.4. The van der Waals surface area contributed by atoms with Crippen LogP contribution in [0.4, 0.5) is 0 Å². The van der Waals surface area contributed by atoms with Gasteiger partial charge in [-0.25, -0.2) is 0 Å². The molecule has 0 unspecified atom stereocenters. The Bertz CT molecular complexity index is 1070. The summed E-state index contributed by atoms with van der Waals surface area (Å²) >= 11 is 0. The predicted octanol–water partition coefficient (Wildman–Crippen LogP) is 4.83. The van der Waals surface area contributed by atoms with E-state index in [1.165, 1.54) is 0 Å². The average molecular weight is 479 g/mol. The Morgan fingerprint density at radius 1 is 0.714 bits per heavy atom. The molecule has 1 aliphatic rings. The van der Waals surface area contributed by atoms with E-state index >= 15 is 0 Å². The maximum absolute atomic E-state index is 10.8. The SMILES string of the molecule is COc1ccc(CN2CCCN(Cc3ccc(OC)cc3OC)C2c2ccccc2O)c(OC)c1. The molecular weight excluding hydrogens is 444 g/mol. The summed E-state index contributed by atoms with van der Waals surface area (Å²) in [6.45, 7) is 3.12. The Labute approximate surface area is 207 Å². The van der Waals surface area contributed by atoms with Crippen molar-refractivity contribution in [1.29, 1.82) is 0 Å². The zero-order chi connectivity index (χ0) is 24.8. The summed E-state index contributed by atoms with van der Waals surface area (Å²) in [7, 11) is 6.66. The van der Waals surface area contributed by atoms with Gasteiger partial charge in [0.15, 0.2) is 0 Å². The summed E-state index contributed by atoms with van der Waals surface area (Å²) < 4.78 is 22.1. The van der Waals surface area contributed by atoms with Gasteiger partial charge in [0.05, 0.1) is 34.6 Å². The molecular formula is C28H34N2O5. The molecule has 0 aromatic heterocycles. The first-order valence-corrected chi connectivity index (χ1v) is 11.8. The molecule has 1 saturated heterocycles. The summed E-state index contributed by atoms with van der Waals surface area (Å²) in [5.41, 5.74) is 3.02. The predicted molar refractivity (Wildman–Crippen MR) is 135 cm³/mol. The van der Waals surface area contributed by atoms with Crippen LogP contribution in [-0.4, -0.2) is 56.4 Å². The van der Waals surface area contributed by atoms with Crippen LogP contribution in [0.25, 0.3) is 0 Å². The van der Waals surface area contributed by atoms with Crippen molar-refractivity contribution in [2.45, 2.75) is 25.7 Å². The molecule has 7 nitrogen and oxygen atoms in total. The zero-order valence-corrected chi connectivity index (χ0v) is 20.9. The third-order valence-electron chi connectivity index (χ3n) is 6.53. The van der Waals surface area contributed by atoms with Crippen molar-refractivity contribution in [3.8, 4) is 28.7 Å². The van der Waals surface area contributed by atoms with Crippen molar-refractivity contribution in [3.63, 3.8) is 0 Å². The van der Waals surface area contributed by atoms with E-state index in [9.17, 15) is 5.11 Å². The minimum Gasteiger partial charge on any atom is -0.508 e. The number of hydrogen-bond acceptors (Lipinski definition) is 7. The molecule has 3 aromatic carbocycles. The quantitative estimate of drug-likeness (QED) is 0.472. The third kappa shape index (κ3) is 5.47. The second-order valence-electron chi connectivity index (χ2n) is 8.58. The van der Waals surface area contributed by atoms with Gasteiger partial charge in [-0.2, -0.15) is 0 Å². The fourth-order valence-electron chi connectivity index (χ4n) is 4.79. The van der Waals surface area contributed by atoms with Crippen LogP contribution >= 0.6 is 0 Å². The lowest BCUT2D eigenvalue weighted by Gasteiger charge is -2.44. The molecule has 1 aliphatic heterocycles. The summed E-state index contributed by atoms with van der Waals surface area (Å²) in [5, 5.41) is 10.8. The number of methoxy groups -OCH3 is 4. The first kappa shape index (κ1) is 24.7. The first-order valence-electron chi connectivity index (χ1n) is 11.8. The lowest BCUT2D eigenvalue weighted by atomic mass is 10.0. The highest BCUT2D eigenvalue weighted by Crippen LogP contribution is 2.38. The van der Waals surface area contributed by atoms with Gasteiger partial charge in [0.1, 0.15) is 28.7 Å². The third-order valence-corrected chi connectivity index (χ3v) is 6.53. The molecule has 4 rings (SSSR count). The van der Waals surface area contributed by atoms with Crippen LogP contribution < -0.4 is 18.9 Å². The van der Waals surface area contributed by atoms with Crippen LogP contribution in [0.1, 0.15) is 29.3 Å².